The molecular weight excluding hydrogens is 198 g/mol. The molecule has 2 N–H and O–H groups in total. The topological polar surface area (TPSA) is 51.8 Å². The Labute approximate surface area is 95.4 Å². The first-order valence-electron chi connectivity index (χ1n) is 5.29. The summed E-state index contributed by atoms with van der Waals surface area (Å²) in [5.41, 5.74) is 6.91. The SMILES string of the molecule is CC(N)(Cc1ccccc1)c1ncccn1. The van der Waals surface area contributed by atoms with Crippen molar-refractivity contribution in [1.82, 2.24) is 9.97 Å². The van der Waals surface area contributed by atoms with Crippen LogP contribution in [0.2, 0.25) is 0 Å². The minimum absolute atomic E-state index is 0.525. The standard InChI is InChI=1S/C13H15N3/c1-13(14,12-15-8-5-9-16-12)10-11-6-3-2-4-7-11/h2-9H,10,14H2,1H3. The van der Waals surface area contributed by atoms with Crippen LogP contribution < -0.4 is 5.73 Å². The van der Waals surface area contributed by atoms with E-state index in [1.54, 1.807) is 18.5 Å². The van der Waals surface area contributed by atoms with Crippen LogP contribution in [0.25, 0.3) is 0 Å². The molecule has 0 fully saturated rings. The summed E-state index contributed by atoms with van der Waals surface area (Å²) in [4.78, 5) is 8.42. The summed E-state index contributed by atoms with van der Waals surface area (Å²) < 4.78 is 0. The molecule has 0 amide bonds. The Balaban J connectivity index is 2.21. The maximum atomic E-state index is 6.25. The van der Waals surface area contributed by atoms with Gasteiger partial charge in [0, 0.05) is 12.4 Å². The van der Waals surface area contributed by atoms with E-state index in [4.69, 9.17) is 5.73 Å². The number of nitrogens with zero attached hydrogens (tertiary/aromatic N) is 2. The van der Waals surface area contributed by atoms with Crippen LogP contribution in [0.15, 0.2) is 48.8 Å². The quantitative estimate of drug-likeness (QED) is 0.847. The molecule has 2 rings (SSSR count). The molecule has 1 atom stereocenters. The van der Waals surface area contributed by atoms with Gasteiger partial charge in [-0.25, -0.2) is 9.97 Å². The first-order valence-corrected chi connectivity index (χ1v) is 5.29. The van der Waals surface area contributed by atoms with Crippen LogP contribution in [-0.4, -0.2) is 9.97 Å². The van der Waals surface area contributed by atoms with Gasteiger partial charge in [0.15, 0.2) is 0 Å². The number of hydrogen-bond acceptors (Lipinski definition) is 3. The molecule has 0 aliphatic carbocycles. The van der Waals surface area contributed by atoms with E-state index in [2.05, 4.69) is 22.1 Å². The maximum Gasteiger partial charge on any atom is 0.148 e. The molecule has 2 aromatic rings. The van der Waals surface area contributed by atoms with Crippen molar-refractivity contribution < 1.29 is 0 Å². The molecule has 1 heterocycles. The Hall–Kier alpha value is -1.74. The Morgan fingerprint density at radius 3 is 2.31 bits per heavy atom. The number of benzene rings is 1. The van der Waals surface area contributed by atoms with Crippen molar-refractivity contribution in [2.24, 2.45) is 5.73 Å². The van der Waals surface area contributed by atoms with E-state index in [0.717, 1.165) is 6.42 Å². The normalized spacial score (nSPS) is 14.4. The van der Waals surface area contributed by atoms with Crippen LogP contribution in [-0.2, 0) is 12.0 Å². The third-order valence-electron chi connectivity index (χ3n) is 2.49. The molecule has 3 nitrogen and oxygen atoms in total. The number of nitrogens with two attached hydrogens (primary N) is 1. The molecule has 0 saturated heterocycles. The van der Waals surface area contributed by atoms with Gasteiger partial charge in [-0.2, -0.15) is 0 Å². The third kappa shape index (κ3) is 2.44. The van der Waals surface area contributed by atoms with Crippen molar-refractivity contribution in [2.75, 3.05) is 0 Å². The van der Waals surface area contributed by atoms with Crippen molar-refractivity contribution in [1.29, 1.82) is 0 Å². The summed E-state index contributed by atoms with van der Waals surface area (Å²) in [5.74, 6) is 0.679. The van der Waals surface area contributed by atoms with Crippen molar-refractivity contribution in [2.45, 2.75) is 18.9 Å². The van der Waals surface area contributed by atoms with Crippen LogP contribution in [0, 0.1) is 0 Å². The highest BCUT2D eigenvalue weighted by Gasteiger charge is 2.24. The lowest BCUT2D eigenvalue weighted by molar-refractivity contribution is 0.458. The number of rotatable bonds is 3. The molecule has 82 valence electrons. The summed E-state index contributed by atoms with van der Waals surface area (Å²) in [5, 5.41) is 0. The van der Waals surface area contributed by atoms with E-state index < -0.39 is 5.54 Å². The maximum absolute atomic E-state index is 6.25. The van der Waals surface area contributed by atoms with Gasteiger partial charge in [-0.05, 0) is 25.0 Å². The molecule has 0 aliphatic rings. The van der Waals surface area contributed by atoms with Crippen molar-refractivity contribution in [3.63, 3.8) is 0 Å². The van der Waals surface area contributed by atoms with Gasteiger partial charge in [-0.1, -0.05) is 30.3 Å². The highest BCUT2D eigenvalue weighted by molar-refractivity contribution is 5.19. The van der Waals surface area contributed by atoms with E-state index in [1.165, 1.54) is 5.56 Å². The van der Waals surface area contributed by atoms with Crippen LogP contribution in [0.4, 0.5) is 0 Å². The molecule has 0 aliphatic heterocycles. The van der Waals surface area contributed by atoms with Crippen LogP contribution >= 0.6 is 0 Å². The van der Waals surface area contributed by atoms with E-state index in [9.17, 15) is 0 Å². The molecule has 0 spiro atoms. The zero-order valence-corrected chi connectivity index (χ0v) is 9.30. The largest absolute Gasteiger partial charge is 0.319 e. The second-order valence-corrected chi connectivity index (χ2v) is 4.15. The zero-order chi connectivity index (χ0) is 11.4. The molecule has 16 heavy (non-hydrogen) atoms. The third-order valence-corrected chi connectivity index (χ3v) is 2.49. The first kappa shape index (κ1) is 10.8. The second-order valence-electron chi connectivity index (χ2n) is 4.15. The monoisotopic (exact) mass is 213 g/mol. The molecule has 0 bridgehead atoms. The Bertz CT molecular complexity index is 437. The highest BCUT2D eigenvalue weighted by atomic mass is 14.9. The summed E-state index contributed by atoms with van der Waals surface area (Å²) in [6.07, 6.45) is 4.18. The fraction of sp³-hybridized carbons (Fsp3) is 0.231. The number of aromatic nitrogens is 2. The fourth-order valence-corrected chi connectivity index (χ4v) is 1.69. The van der Waals surface area contributed by atoms with Gasteiger partial charge in [-0.15, -0.1) is 0 Å². The smallest absolute Gasteiger partial charge is 0.148 e. The van der Waals surface area contributed by atoms with E-state index in [1.807, 2.05) is 25.1 Å². The number of hydrogen-bond donors (Lipinski definition) is 1. The lowest BCUT2D eigenvalue weighted by Gasteiger charge is -2.22. The van der Waals surface area contributed by atoms with Crippen LogP contribution in [0.5, 0.6) is 0 Å². The van der Waals surface area contributed by atoms with Gasteiger partial charge < -0.3 is 5.73 Å². The Morgan fingerprint density at radius 1 is 1.06 bits per heavy atom. The summed E-state index contributed by atoms with van der Waals surface area (Å²) >= 11 is 0. The van der Waals surface area contributed by atoms with Crippen molar-refractivity contribution in [3.05, 3.63) is 60.2 Å². The molecule has 1 aromatic heterocycles. The van der Waals surface area contributed by atoms with E-state index >= 15 is 0 Å². The molecule has 0 radical (unpaired) electrons. The van der Waals surface area contributed by atoms with Gasteiger partial charge in [0.25, 0.3) is 0 Å². The molecule has 1 aromatic carbocycles. The lowest BCUT2D eigenvalue weighted by Crippen LogP contribution is -2.37. The van der Waals surface area contributed by atoms with Gasteiger partial charge in [-0.3, -0.25) is 0 Å². The minimum atomic E-state index is -0.525. The Morgan fingerprint density at radius 2 is 1.69 bits per heavy atom. The predicted molar refractivity (Wildman–Crippen MR) is 63.7 cm³/mol. The summed E-state index contributed by atoms with van der Waals surface area (Å²) in [6.45, 7) is 1.95. The minimum Gasteiger partial charge on any atom is -0.319 e. The lowest BCUT2D eigenvalue weighted by atomic mass is 9.93. The fourth-order valence-electron chi connectivity index (χ4n) is 1.69. The van der Waals surface area contributed by atoms with Gasteiger partial charge in [0.2, 0.25) is 0 Å². The highest BCUT2D eigenvalue weighted by Crippen LogP contribution is 2.18. The predicted octanol–water partition coefficient (Wildman–Crippen LogP) is 1.89. The Kier molecular flexibility index (Phi) is 2.97. The zero-order valence-electron chi connectivity index (χ0n) is 9.30. The molecular formula is C13H15N3. The van der Waals surface area contributed by atoms with Gasteiger partial charge in [0.1, 0.15) is 5.82 Å². The molecule has 3 heteroatoms. The van der Waals surface area contributed by atoms with Crippen LogP contribution in [0.1, 0.15) is 18.3 Å². The first-order chi connectivity index (χ1) is 7.68. The molecule has 1 unspecified atom stereocenters. The second kappa shape index (κ2) is 4.41. The van der Waals surface area contributed by atoms with Crippen molar-refractivity contribution >= 4 is 0 Å². The van der Waals surface area contributed by atoms with Gasteiger partial charge in [0.05, 0.1) is 5.54 Å². The van der Waals surface area contributed by atoms with Crippen molar-refractivity contribution in [3.8, 4) is 0 Å². The molecule has 0 saturated carbocycles. The summed E-state index contributed by atoms with van der Waals surface area (Å²) in [6, 6.07) is 11.9. The van der Waals surface area contributed by atoms with Gasteiger partial charge >= 0.3 is 0 Å². The van der Waals surface area contributed by atoms with Crippen LogP contribution in [0.3, 0.4) is 0 Å². The van der Waals surface area contributed by atoms with E-state index in [0.29, 0.717) is 5.82 Å². The summed E-state index contributed by atoms with van der Waals surface area (Å²) in [7, 11) is 0. The average molecular weight is 213 g/mol. The average Bonchev–Trinajstić information content (AvgIpc) is 2.31. The van der Waals surface area contributed by atoms with E-state index in [-0.39, 0.29) is 0 Å².